The SMILES string of the molecule is CC(C)NC(=O)Nc1ccc(CNC(=O)c2ccc(N(C)C)c(F)c2)cc1. The number of carbonyl (C=O) groups is 2. The lowest BCUT2D eigenvalue weighted by molar-refractivity contribution is 0.0950. The van der Waals surface area contributed by atoms with Crippen molar-refractivity contribution in [1.82, 2.24) is 10.6 Å². The summed E-state index contributed by atoms with van der Waals surface area (Å²) < 4.78 is 14.0. The van der Waals surface area contributed by atoms with Gasteiger partial charge in [-0.2, -0.15) is 0 Å². The number of benzene rings is 2. The average Bonchev–Trinajstić information content (AvgIpc) is 2.59. The van der Waals surface area contributed by atoms with Crippen molar-refractivity contribution in [2.75, 3.05) is 24.3 Å². The number of carbonyl (C=O) groups excluding carboxylic acids is 2. The Morgan fingerprint density at radius 2 is 1.74 bits per heavy atom. The van der Waals surface area contributed by atoms with Crippen LogP contribution in [0.3, 0.4) is 0 Å². The van der Waals surface area contributed by atoms with Crippen LogP contribution < -0.4 is 20.9 Å². The van der Waals surface area contributed by atoms with E-state index >= 15 is 0 Å². The summed E-state index contributed by atoms with van der Waals surface area (Å²) in [7, 11) is 3.48. The lowest BCUT2D eigenvalue weighted by Crippen LogP contribution is -2.34. The van der Waals surface area contributed by atoms with Gasteiger partial charge in [0.05, 0.1) is 5.69 Å². The van der Waals surface area contributed by atoms with Gasteiger partial charge in [-0.3, -0.25) is 4.79 Å². The highest BCUT2D eigenvalue weighted by atomic mass is 19.1. The summed E-state index contributed by atoms with van der Waals surface area (Å²) in [5, 5.41) is 8.23. The molecule has 0 fully saturated rings. The van der Waals surface area contributed by atoms with E-state index in [1.54, 1.807) is 55.4 Å². The fourth-order valence-corrected chi connectivity index (χ4v) is 2.43. The maximum Gasteiger partial charge on any atom is 0.319 e. The minimum atomic E-state index is -0.442. The molecule has 0 atom stereocenters. The highest BCUT2D eigenvalue weighted by Gasteiger charge is 2.11. The topological polar surface area (TPSA) is 73.5 Å². The van der Waals surface area contributed by atoms with Crippen LogP contribution in [0.25, 0.3) is 0 Å². The van der Waals surface area contributed by atoms with Crippen LogP contribution in [0.4, 0.5) is 20.6 Å². The number of halogens is 1. The third-order valence-electron chi connectivity index (χ3n) is 3.78. The highest BCUT2D eigenvalue weighted by Crippen LogP contribution is 2.18. The van der Waals surface area contributed by atoms with Crippen molar-refractivity contribution in [1.29, 1.82) is 0 Å². The molecule has 2 rings (SSSR count). The molecule has 7 heteroatoms. The molecule has 0 saturated heterocycles. The first kappa shape index (κ1) is 20.2. The van der Waals surface area contributed by atoms with Gasteiger partial charge in [0.15, 0.2) is 0 Å². The van der Waals surface area contributed by atoms with Crippen LogP contribution in [0.15, 0.2) is 42.5 Å². The normalized spacial score (nSPS) is 10.4. The first-order valence-corrected chi connectivity index (χ1v) is 8.68. The summed E-state index contributed by atoms with van der Waals surface area (Å²) in [6.45, 7) is 4.06. The van der Waals surface area contributed by atoms with E-state index in [0.717, 1.165) is 5.56 Å². The van der Waals surface area contributed by atoms with Crippen LogP contribution in [0.5, 0.6) is 0 Å². The number of anilines is 2. The molecule has 0 aliphatic carbocycles. The van der Waals surface area contributed by atoms with Crippen LogP contribution in [0.2, 0.25) is 0 Å². The Morgan fingerprint density at radius 3 is 2.30 bits per heavy atom. The molecule has 0 radical (unpaired) electrons. The Labute approximate surface area is 158 Å². The summed E-state index contributed by atoms with van der Waals surface area (Å²) in [4.78, 5) is 25.5. The van der Waals surface area contributed by atoms with Gasteiger partial charge in [0.1, 0.15) is 5.82 Å². The van der Waals surface area contributed by atoms with Crippen LogP contribution >= 0.6 is 0 Å². The smallest absolute Gasteiger partial charge is 0.319 e. The molecule has 0 aliphatic rings. The Morgan fingerprint density at radius 1 is 1.07 bits per heavy atom. The second-order valence-corrected chi connectivity index (χ2v) is 6.69. The predicted molar refractivity (Wildman–Crippen MR) is 106 cm³/mol. The van der Waals surface area contributed by atoms with Crippen LogP contribution in [0, 0.1) is 5.82 Å². The highest BCUT2D eigenvalue weighted by molar-refractivity contribution is 5.94. The van der Waals surface area contributed by atoms with Gasteiger partial charge in [-0.25, -0.2) is 9.18 Å². The van der Waals surface area contributed by atoms with E-state index in [1.807, 2.05) is 13.8 Å². The second-order valence-electron chi connectivity index (χ2n) is 6.69. The predicted octanol–water partition coefficient (Wildman–Crippen LogP) is 3.35. The van der Waals surface area contributed by atoms with Crippen molar-refractivity contribution < 1.29 is 14.0 Å². The molecule has 2 aromatic carbocycles. The van der Waals surface area contributed by atoms with E-state index in [2.05, 4.69) is 16.0 Å². The molecule has 0 aliphatic heterocycles. The molecule has 0 saturated carbocycles. The third kappa shape index (κ3) is 5.99. The van der Waals surface area contributed by atoms with E-state index in [4.69, 9.17) is 0 Å². The molecule has 2 aromatic rings. The zero-order valence-electron chi connectivity index (χ0n) is 16.0. The Bertz CT molecular complexity index is 804. The summed E-state index contributed by atoms with van der Waals surface area (Å²) in [6, 6.07) is 11.3. The van der Waals surface area contributed by atoms with Gasteiger partial charge in [0, 0.05) is 37.9 Å². The van der Waals surface area contributed by atoms with Gasteiger partial charge in [0.25, 0.3) is 5.91 Å². The number of nitrogens with one attached hydrogen (secondary N) is 3. The lowest BCUT2D eigenvalue weighted by atomic mass is 10.1. The monoisotopic (exact) mass is 372 g/mol. The van der Waals surface area contributed by atoms with Gasteiger partial charge < -0.3 is 20.9 Å². The van der Waals surface area contributed by atoms with E-state index in [-0.39, 0.29) is 23.5 Å². The molecule has 0 unspecified atom stereocenters. The Kier molecular flexibility index (Phi) is 6.76. The first-order valence-electron chi connectivity index (χ1n) is 8.68. The quantitative estimate of drug-likeness (QED) is 0.728. The van der Waals surface area contributed by atoms with Crippen molar-refractivity contribution in [3.05, 3.63) is 59.4 Å². The van der Waals surface area contributed by atoms with Crippen molar-refractivity contribution in [3.63, 3.8) is 0 Å². The second kappa shape index (κ2) is 9.02. The first-order chi connectivity index (χ1) is 12.8. The van der Waals surface area contributed by atoms with Gasteiger partial charge in [0.2, 0.25) is 0 Å². The summed E-state index contributed by atoms with van der Waals surface area (Å²) in [6.07, 6.45) is 0. The van der Waals surface area contributed by atoms with E-state index in [9.17, 15) is 14.0 Å². The van der Waals surface area contributed by atoms with Crippen molar-refractivity contribution in [3.8, 4) is 0 Å². The Hall–Kier alpha value is -3.09. The number of hydrogen-bond donors (Lipinski definition) is 3. The van der Waals surface area contributed by atoms with Gasteiger partial charge in [-0.05, 0) is 49.7 Å². The largest absolute Gasteiger partial charge is 0.375 e. The van der Waals surface area contributed by atoms with E-state index in [1.165, 1.54) is 6.07 Å². The lowest BCUT2D eigenvalue weighted by Gasteiger charge is -2.14. The standard InChI is InChI=1S/C20H25FN4O2/c1-13(2)23-20(27)24-16-8-5-14(6-9-16)12-22-19(26)15-7-10-18(25(3)4)17(21)11-15/h5-11,13H,12H2,1-4H3,(H,22,26)(H2,23,24,27). The molecule has 3 amide bonds. The van der Waals surface area contributed by atoms with Crippen LogP contribution in [-0.2, 0) is 6.54 Å². The summed E-state index contributed by atoms with van der Waals surface area (Å²) >= 11 is 0. The van der Waals surface area contributed by atoms with E-state index < -0.39 is 5.82 Å². The molecular formula is C20H25FN4O2. The summed E-state index contributed by atoms with van der Waals surface area (Å²) in [5.74, 6) is -0.791. The summed E-state index contributed by atoms with van der Waals surface area (Å²) in [5.41, 5.74) is 2.21. The van der Waals surface area contributed by atoms with Gasteiger partial charge in [-0.15, -0.1) is 0 Å². The van der Waals surface area contributed by atoms with Crippen molar-refractivity contribution >= 4 is 23.3 Å². The average molecular weight is 372 g/mol. The Balaban J connectivity index is 1.91. The molecule has 0 aromatic heterocycles. The fraction of sp³-hybridized carbons (Fsp3) is 0.300. The van der Waals surface area contributed by atoms with E-state index in [0.29, 0.717) is 17.9 Å². The zero-order chi connectivity index (χ0) is 20.0. The number of urea groups is 1. The van der Waals surface area contributed by atoms with Gasteiger partial charge in [-0.1, -0.05) is 12.1 Å². The third-order valence-corrected chi connectivity index (χ3v) is 3.78. The molecule has 0 heterocycles. The number of hydrogen-bond acceptors (Lipinski definition) is 3. The van der Waals surface area contributed by atoms with Crippen molar-refractivity contribution in [2.24, 2.45) is 0 Å². The molecule has 0 spiro atoms. The molecule has 27 heavy (non-hydrogen) atoms. The molecular weight excluding hydrogens is 347 g/mol. The number of nitrogens with zero attached hydrogens (tertiary/aromatic N) is 1. The fourth-order valence-electron chi connectivity index (χ4n) is 2.43. The number of rotatable bonds is 6. The molecule has 0 bridgehead atoms. The maximum atomic E-state index is 14.0. The van der Waals surface area contributed by atoms with Gasteiger partial charge >= 0.3 is 6.03 Å². The minimum absolute atomic E-state index is 0.0520. The zero-order valence-corrected chi connectivity index (χ0v) is 16.0. The van der Waals surface area contributed by atoms with Crippen molar-refractivity contribution in [2.45, 2.75) is 26.4 Å². The van der Waals surface area contributed by atoms with Crippen LogP contribution in [0.1, 0.15) is 29.8 Å². The molecule has 144 valence electrons. The number of amides is 3. The minimum Gasteiger partial charge on any atom is -0.375 e. The molecule has 6 nitrogen and oxygen atoms in total. The van der Waals surface area contributed by atoms with Crippen LogP contribution in [-0.4, -0.2) is 32.1 Å². The maximum absolute atomic E-state index is 14.0. The molecule has 3 N–H and O–H groups in total.